The van der Waals surface area contributed by atoms with E-state index in [1.807, 2.05) is 0 Å². The molecule has 0 amide bonds. The maximum atomic E-state index is 12.0. The summed E-state index contributed by atoms with van der Waals surface area (Å²) in [4.78, 5) is 7.76. The first-order valence-electron chi connectivity index (χ1n) is 5.27. The van der Waals surface area contributed by atoms with Gasteiger partial charge in [0.2, 0.25) is 11.8 Å². The van der Waals surface area contributed by atoms with Gasteiger partial charge in [0.15, 0.2) is 0 Å². The Morgan fingerprint density at radius 2 is 1.95 bits per heavy atom. The summed E-state index contributed by atoms with van der Waals surface area (Å²) in [6, 6.07) is 7.91. The van der Waals surface area contributed by atoms with Crippen LogP contribution >= 0.6 is 0 Å². The minimum absolute atomic E-state index is 0.102. The van der Waals surface area contributed by atoms with Crippen LogP contribution in [0.2, 0.25) is 0 Å². The molecule has 1 aromatic carbocycles. The Morgan fingerprint density at radius 1 is 1.26 bits per heavy atom. The molecule has 0 atom stereocenters. The van der Waals surface area contributed by atoms with E-state index in [0.29, 0.717) is 0 Å². The standard InChI is InChI=1S/C11H12N4O3S/c1-18-10-9(12)7-13-11(14-10)15-19(16,17)8-5-3-2-4-6-8/h2-7H,12H2,1H3,(H,13,14,15). The molecular formula is C11H12N4O3S. The topological polar surface area (TPSA) is 107 Å². The van der Waals surface area contributed by atoms with Gasteiger partial charge < -0.3 is 10.5 Å². The highest BCUT2D eigenvalue weighted by Crippen LogP contribution is 2.19. The van der Waals surface area contributed by atoms with Crippen LogP contribution in [0, 0.1) is 0 Å². The van der Waals surface area contributed by atoms with Gasteiger partial charge in [-0.25, -0.2) is 18.1 Å². The Labute approximate surface area is 110 Å². The number of hydrogen-bond donors (Lipinski definition) is 2. The summed E-state index contributed by atoms with van der Waals surface area (Å²) in [5, 5.41) is 0. The predicted molar refractivity (Wildman–Crippen MR) is 70.2 cm³/mol. The summed E-state index contributed by atoms with van der Waals surface area (Å²) >= 11 is 0. The third kappa shape index (κ3) is 2.91. The molecule has 0 fully saturated rings. The monoisotopic (exact) mass is 280 g/mol. The van der Waals surface area contributed by atoms with E-state index in [1.165, 1.54) is 25.4 Å². The summed E-state index contributed by atoms with van der Waals surface area (Å²) in [5.74, 6) is 0.00987. The van der Waals surface area contributed by atoms with Crippen LogP contribution in [0.15, 0.2) is 41.4 Å². The van der Waals surface area contributed by atoms with E-state index >= 15 is 0 Å². The molecule has 0 aliphatic heterocycles. The SMILES string of the molecule is COc1nc(NS(=O)(=O)c2ccccc2)ncc1N. The molecule has 19 heavy (non-hydrogen) atoms. The molecule has 2 rings (SSSR count). The maximum Gasteiger partial charge on any atom is 0.264 e. The number of aromatic nitrogens is 2. The van der Waals surface area contributed by atoms with Crippen molar-refractivity contribution in [3.05, 3.63) is 36.5 Å². The zero-order valence-corrected chi connectivity index (χ0v) is 10.9. The number of nitrogens with zero attached hydrogens (tertiary/aromatic N) is 2. The van der Waals surface area contributed by atoms with Gasteiger partial charge in [-0.15, -0.1) is 0 Å². The van der Waals surface area contributed by atoms with Crippen molar-refractivity contribution in [3.8, 4) is 5.88 Å². The number of nitrogens with one attached hydrogen (secondary N) is 1. The van der Waals surface area contributed by atoms with Gasteiger partial charge in [0.1, 0.15) is 5.69 Å². The Kier molecular flexibility index (Phi) is 3.52. The van der Waals surface area contributed by atoms with E-state index in [2.05, 4.69) is 14.7 Å². The van der Waals surface area contributed by atoms with Crippen molar-refractivity contribution in [2.75, 3.05) is 17.6 Å². The van der Waals surface area contributed by atoms with Crippen LogP contribution in [0.3, 0.4) is 0 Å². The normalized spacial score (nSPS) is 11.0. The van der Waals surface area contributed by atoms with Crippen molar-refractivity contribution in [2.24, 2.45) is 0 Å². The minimum Gasteiger partial charge on any atom is -0.479 e. The molecule has 7 nitrogen and oxygen atoms in total. The molecule has 0 aliphatic rings. The molecule has 1 heterocycles. The van der Waals surface area contributed by atoms with Crippen LogP contribution in [-0.2, 0) is 10.0 Å². The van der Waals surface area contributed by atoms with Crippen LogP contribution in [-0.4, -0.2) is 25.5 Å². The lowest BCUT2D eigenvalue weighted by Gasteiger charge is -2.08. The maximum absolute atomic E-state index is 12.0. The number of nitrogens with two attached hydrogens (primary N) is 1. The number of methoxy groups -OCH3 is 1. The number of hydrogen-bond acceptors (Lipinski definition) is 6. The van der Waals surface area contributed by atoms with Crippen molar-refractivity contribution in [3.63, 3.8) is 0 Å². The fourth-order valence-electron chi connectivity index (χ4n) is 1.37. The molecule has 1 aromatic heterocycles. The highest BCUT2D eigenvalue weighted by molar-refractivity contribution is 7.92. The average molecular weight is 280 g/mol. The van der Waals surface area contributed by atoms with E-state index in [9.17, 15) is 8.42 Å². The number of nitrogen functional groups attached to an aromatic ring is 1. The largest absolute Gasteiger partial charge is 0.479 e. The summed E-state index contributed by atoms with van der Waals surface area (Å²) in [7, 11) is -2.34. The minimum atomic E-state index is -3.72. The van der Waals surface area contributed by atoms with Gasteiger partial charge in [-0.3, -0.25) is 0 Å². The number of benzene rings is 1. The zero-order valence-electron chi connectivity index (χ0n) is 10.1. The molecule has 0 saturated heterocycles. The van der Waals surface area contributed by atoms with Crippen molar-refractivity contribution in [1.82, 2.24) is 9.97 Å². The molecule has 0 saturated carbocycles. The second-order valence-corrected chi connectivity index (χ2v) is 5.26. The molecule has 0 radical (unpaired) electrons. The smallest absolute Gasteiger partial charge is 0.264 e. The summed E-state index contributed by atoms with van der Waals surface area (Å²) in [5.41, 5.74) is 5.77. The van der Waals surface area contributed by atoms with E-state index in [-0.39, 0.29) is 22.4 Å². The van der Waals surface area contributed by atoms with Crippen LogP contribution in [0.5, 0.6) is 5.88 Å². The van der Waals surface area contributed by atoms with Crippen LogP contribution < -0.4 is 15.2 Å². The van der Waals surface area contributed by atoms with Crippen LogP contribution in [0.4, 0.5) is 11.6 Å². The van der Waals surface area contributed by atoms with Crippen molar-refractivity contribution in [1.29, 1.82) is 0 Å². The van der Waals surface area contributed by atoms with Gasteiger partial charge in [0.25, 0.3) is 10.0 Å². The number of ether oxygens (including phenoxy) is 1. The molecule has 3 N–H and O–H groups in total. The van der Waals surface area contributed by atoms with E-state index < -0.39 is 10.0 Å². The van der Waals surface area contributed by atoms with Crippen LogP contribution in [0.25, 0.3) is 0 Å². The Balaban J connectivity index is 2.31. The highest BCUT2D eigenvalue weighted by atomic mass is 32.2. The quantitative estimate of drug-likeness (QED) is 0.860. The lowest BCUT2D eigenvalue weighted by molar-refractivity contribution is 0.400. The first-order chi connectivity index (χ1) is 9.03. The van der Waals surface area contributed by atoms with Gasteiger partial charge in [-0.2, -0.15) is 4.98 Å². The van der Waals surface area contributed by atoms with E-state index in [1.54, 1.807) is 18.2 Å². The van der Waals surface area contributed by atoms with Gasteiger partial charge in [-0.1, -0.05) is 18.2 Å². The summed E-state index contributed by atoms with van der Waals surface area (Å²) in [6.45, 7) is 0. The number of sulfonamides is 1. The van der Waals surface area contributed by atoms with E-state index in [4.69, 9.17) is 10.5 Å². The van der Waals surface area contributed by atoms with E-state index in [0.717, 1.165) is 0 Å². The lowest BCUT2D eigenvalue weighted by Crippen LogP contribution is -2.15. The zero-order chi connectivity index (χ0) is 13.9. The Morgan fingerprint density at radius 3 is 2.58 bits per heavy atom. The predicted octanol–water partition coefficient (Wildman–Crippen LogP) is 0.868. The fraction of sp³-hybridized carbons (Fsp3) is 0.0909. The molecule has 0 unspecified atom stereocenters. The highest BCUT2D eigenvalue weighted by Gasteiger charge is 2.16. The second kappa shape index (κ2) is 5.11. The Hall–Kier alpha value is -2.35. The Bertz CT molecular complexity index is 674. The molecule has 0 aliphatic carbocycles. The third-order valence-corrected chi connectivity index (χ3v) is 3.60. The van der Waals surface area contributed by atoms with Crippen molar-refractivity contribution >= 4 is 21.7 Å². The molecule has 8 heteroatoms. The first kappa shape index (κ1) is 13.1. The second-order valence-electron chi connectivity index (χ2n) is 3.58. The number of rotatable bonds is 4. The molecule has 0 spiro atoms. The van der Waals surface area contributed by atoms with Gasteiger partial charge in [-0.05, 0) is 12.1 Å². The fourth-order valence-corrected chi connectivity index (χ4v) is 2.34. The molecule has 100 valence electrons. The van der Waals surface area contributed by atoms with Crippen molar-refractivity contribution in [2.45, 2.75) is 4.90 Å². The third-order valence-electron chi connectivity index (χ3n) is 2.25. The summed E-state index contributed by atoms with van der Waals surface area (Å²) in [6.07, 6.45) is 1.27. The van der Waals surface area contributed by atoms with Crippen molar-refractivity contribution < 1.29 is 13.2 Å². The average Bonchev–Trinajstić information content (AvgIpc) is 2.42. The molecular weight excluding hydrogens is 268 g/mol. The van der Waals surface area contributed by atoms with Gasteiger partial charge in [0.05, 0.1) is 18.2 Å². The summed E-state index contributed by atoms with van der Waals surface area (Å²) < 4.78 is 31.2. The van der Waals surface area contributed by atoms with Crippen LogP contribution in [0.1, 0.15) is 0 Å². The first-order valence-corrected chi connectivity index (χ1v) is 6.75. The molecule has 0 bridgehead atoms. The molecule has 2 aromatic rings. The number of anilines is 2. The van der Waals surface area contributed by atoms with Gasteiger partial charge >= 0.3 is 0 Å². The van der Waals surface area contributed by atoms with Gasteiger partial charge in [0, 0.05) is 0 Å². The lowest BCUT2D eigenvalue weighted by atomic mass is 10.4.